The topological polar surface area (TPSA) is 166 Å². The smallest absolute Gasteiger partial charge is 0.272 e. The van der Waals surface area contributed by atoms with Gasteiger partial charge in [0.2, 0.25) is 0 Å². The second-order valence-corrected chi connectivity index (χ2v) is 5.23. The monoisotopic (exact) mass is 344 g/mol. The van der Waals surface area contributed by atoms with E-state index in [9.17, 15) is 30.0 Å². The van der Waals surface area contributed by atoms with Crippen LogP contribution >= 0.6 is 0 Å². The summed E-state index contributed by atoms with van der Waals surface area (Å²) < 4.78 is 6.46. The van der Waals surface area contributed by atoms with Crippen LogP contribution in [0.2, 0.25) is 0 Å². The fraction of sp³-hybridized carbons (Fsp3) is 0.615. The first kappa shape index (κ1) is 18.3. The van der Waals surface area contributed by atoms with Crippen molar-refractivity contribution >= 4 is 11.8 Å². The van der Waals surface area contributed by atoms with Gasteiger partial charge in [0, 0.05) is 14.1 Å². The van der Waals surface area contributed by atoms with Crippen molar-refractivity contribution in [2.24, 2.45) is 0 Å². The quantitative estimate of drug-likeness (QED) is 0.328. The lowest BCUT2D eigenvalue weighted by molar-refractivity contribution is -0.251. The number of aliphatic hydroxyl groups excluding tert-OH is 4. The SMILES string of the molecule is CNC(=O)c1ncn([C@@H]2O[C@@H](CO)[C@@H](O)[C@@H](O)[C@H]2O)c1C(=O)NC. The second kappa shape index (κ2) is 7.23. The molecule has 0 aromatic carbocycles. The summed E-state index contributed by atoms with van der Waals surface area (Å²) in [5, 5.41) is 43.8. The van der Waals surface area contributed by atoms with Crippen LogP contribution in [-0.2, 0) is 4.74 Å². The number of carbonyl (C=O) groups is 2. The number of hydrogen-bond donors (Lipinski definition) is 6. The largest absolute Gasteiger partial charge is 0.394 e. The molecular weight excluding hydrogens is 324 g/mol. The maximum absolute atomic E-state index is 12.1. The number of carbonyl (C=O) groups excluding carboxylic acids is 2. The molecule has 1 aromatic rings. The van der Waals surface area contributed by atoms with Gasteiger partial charge in [-0.05, 0) is 0 Å². The Morgan fingerprint density at radius 3 is 2.33 bits per heavy atom. The van der Waals surface area contributed by atoms with Gasteiger partial charge in [0.05, 0.1) is 12.9 Å². The van der Waals surface area contributed by atoms with E-state index in [1.807, 2.05) is 0 Å². The van der Waals surface area contributed by atoms with Crippen LogP contribution in [0.5, 0.6) is 0 Å². The molecule has 1 aromatic heterocycles. The maximum atomic E-state index is 12.1. The van der Waals surface area contributed by atoms with Gasteiger partial charge in [0.1, 0.15) is 30.1 Å². The first-order chi connectivity index (χ1) is 11.4. The molecule has 0 aliphatic carbocycles. The van der Waals surface area contributed by atoms with Crippen molar-refractivity contribution in [3.05, 3.63) is 17.7 Å². The number of hydrogen-bond acceptors (Lipinski definition) is 8. The summed E-state index contributed by atoms with van der Waals surface area (Å²) in [5.41, 5.74) is -0.394. The van der Waals surface area contributed by atoms with Gasteiger partial charge < -0.3 is 35.8 Å². The van der Waals surface area contributed by atoms with E-state index in [4.69, 9.17) is 4.74 Å². The molecule has 0 saturated carbocycles. The molecular formula is C13H20N4O7. The molecule has 2 amide bonds. The fourth-order valence-electron chi connectivity index (χ4n) is 2.49. The van der Waals surface area contributed by atoms with E-state index in [1.165, 1.54) is 14.1 Å². The highest BCUT2D eigenvalue weighted by Gasteiger charge is 2.45. The van der Waals surface area contributed by atoms with Gasteiger partial charge in [-0.2, -0.15) is 0 Å². The number of nitrogens with one attached hydrogen (secondary N) is 2. The molecule has 5 atom stereocenters. The Morgan fingerprint density at radius 1 is 1.17 bits per heavy atom. The molecule has 134 valence electrons. The number of aliphatic hydroxyl groups is 4. The average molecular weight is 344 g/mol. The molecule has 1 aliphatic heterocycles. The maximum Gasteiger partial charge on any atom is 0.272 e. The third kappa shape index (κ3) is 2.99. The van der Waals surface area contributed by atoms with E-state index in [1.54, 1.807) is 0 Å². The van der Waals surface area contributed by atoms with Crippen molar-refractivity contribution in [2.45, 2.75) is 30.6 Å². The van der Waals surface area contributed by atoms with Crippen molar-refractivity contribution in [1.82, 2.24) is 20.2 Å². The van der Waals surface area contributed by atoms with Crippen molar-refractivity contribution in [2.75, 3.05) is 20.7 Å². The Labute approximate surface area is 136 Å². The Bertz CT molecular complexity index is 617. The fourth-order valence-corrected chi connectivity index (χ4v) is 2.49. The molecule has 11 nitrogen and oxygen atoms in total. The lowest BCUT2D eigenvalue weighted by atomic mass is 9.98. The Kier molecular flexibility index (Phi) is 5.51. The van der Waals surface area contributed by atoms with Crippen LogP contribution in [0.1, 0.15) is 27.2 Å². The molecule has 1 fully saturated rings. The molecule has 24 heavy (non-hydrogen) atoms. The molecule has 0 unspecified atom stereocenters. The van der Waals surface area contributed by atoms with Crippen molar-refractivity contribution < 1.29 is 34.8 Å². The lowest BCUT2D eigenvalue weighted by Gasteiger charge is -2.40. The van der Waals surface area contributed by atoms with Crippen molar-refractivity contribution in [1.29, 1.82) is 0 Å². The second-order valence-electron chi connectivity index (χ2n) is 5.23. The summed E-state index contributed by atoms with van der Waals surface area (Å²) >= 11 is 0. The van der Waals surface area contributed by atoms with E-state index in [0.29, 0.717) is 0 Å². The third-order valence-electron chi connectivity index (χ3n) is 3.82. The summed E-state index contributed by atoms with van der Waals surface area (Å²) in [4.78, 5) is 27.9. The van der Waals surface area contributed by atoms with E-state index < -0.39 is 49.1 Å². The summed E-state index contributed by atoms with van der Waals surface area (Å²) in [6.45, 7) is -0.617. The zero-order valence-electron chi connectivity index (χ0n) is 13.1. The minimum atomic E-state index is -1.62. The minimum absolute atomic E-state index is 0.193. The number of rotatable bonds is 4. The predicted octanol–water partition coefficient (Wildman–Crippen LogP) is -3.43. The summed E-state index contributed by atoms with van der Waals surface area (Å²) in [6.07, 6.45) is -6.16. The summed E-state index contributed by atoms with van der Waals surface area (Å²) in [7, 11) is 2.71. The highest BCUT2D eigenvalue weighted by molar-refractivity contribution is 6.04. The van der Waals surface area contributed by atoms with Gasteiger partial charge in [0.25, 0.3) is 11.8 Å². The lowest BCUT2D eigenvalue weighted by Crippen LogP contribution is -2.56. The Hall–Kier alpha value is -2.05. The average Bonchev–Trinajstić information content (AvgIpc) is 3.03. The highest BCUT2D eigenvalue weighted by atomic mass is 16.6. The molecule has 2 heterocycles. The predicted molar refractivity (Wildman–Crippen MR) is 78.0 cm³/mol. The molecule has 1 saturated heterocycles. The van der Waals surface area contributed by atoms with Crippen LogP contribution in [0.15, 0.2) is 6.33 Å². The number of ether oxygens (including phenoxy) is 1. The standard InChI is InChI=1S/C13H20N4O7/c1-14-11(22)6-7(12(23)15-2)17(4-16-6)13-10(21)9(20)8(19)5(3-18)24-13/h4-5,8-10,13,18-21H,3H2,1-2H3,(H,14,22)(H,15,23)/t5-,8+,9+,10+,13+/m0/s1. The van der Waals surface area contributed by atoms with Crippen LogP contribution in [0, 0.1) is 0 Å². The zero-order chi connectivity index (χ0) is 18.0. The first-order valence-electron chi connectivity index (χ1n) is 7.18. The number of nitrogens with zero attached hydrogens (tertiary/aromatic N) is 2. The molecule has 11 heteroatoms. The summed E-state index contributed by atoms with van der Waals surface area (Å²) in [6, 6.07) is 0. The highest BCUT2D eigenvalue weighted by Crippen LogP contribution is 2.30. The Morgan fingerprint density at radius 2 is 1.79 bits per heavy atom. The van der Waals surface area contributed by atoms with Crippen LogP contribution < -0.4 is 10.6 Å². The van der Waals surface area contributed by atoms with Crippen LogP contribution in [0.3, 0.4) is 0 Å². The molecule has 2 rings (SSSR count). The molecule has 0 spiro atoms. The van der Waals surface area contributed by atoms with E-state index in [-0.39, 0.29) is 11.4 Å². The Balaban J connectivity index is 2.49. The van der Waals surface area contributed by atoms with Gasteiger partial charge in [-0.3, -0.25) is 14.2 Å². The van der Waals surface area contributed by atoms with Crippen molar-refractivity contribution in [3.8, 4) is 0 Å². The van der Waals surface area contributed by atoms with Gasteiger partial charge >= 0.3 is 0 Å². The molecule has 6 N–H and O–H groups in total. The van der Waals surface area contributed by atoms with Gasteiger partial charge in [-0.15, -0.1) is 0 Å². The third-order valence-corrected chi connectivity index (χ3v) is 3.82. The first-order valence-corrected chi connectivity index (χ1v) is 7.18. The molecule has 0 radical (unpaired) electrons. The minimum Gasteiger partial charge on any atom is -0.394 e. The van der Waals surface area contributed by atoms with E-state index in [2.05, 4.69) is 15.6 Å². The van der Waals surface area contributed by atoms with Crippen LogP contribution in [0.25, 0.3) is 0 Å². The van der Waals surface area contributed by atoms with E-state index in [0.717, 1.165) is 10.9 Å². The van der Waals surface area contributed by atoms with Gasteiger partial charge in [0.15, 0.2) is 11.9 Å². The number of aromatic nitrogens is 2. The van der Waals surface area contributed by atoms with Crippen LogP contribution in [0.4, 0.5) is 0 Å². The number of imidazole rings is 1. The van der Waals surface area contributed by atoms with Gasteiger partial charge in [-0.1, -0.05) is 0 Å². The van der Waals surface area contributed by atoms with Gasteiger partial charge in [-0.25, -0.2) is 4.98 Å². The molecule has 1 aliphatic rings. The van der Waals surface area contributed by atoms with Crippen LogP contribution in [-0.4, -0.2) is 86.9 Å². The normalized spacial score (nSPS) is 30.0. The zero-order valence-corrected chi connectivity index (χ0v) is 13.1. The summed E-state index contributed by atoms with van der Waals surface area (Å²) in [5.74, 6) is -1.29. The molecule has 0 bridgehead atoms. The number of amides is 2. The van der Waals surface area contributed by atoms with E-state index >= 15 is 0 Å². The van der Waals surface area contributed by atoms with Crippen molar-refractivity contribution in [3.63, 3.8) is 0 Å².